The Morgan fingerprint density at radius 3 is 1.68 bits per heavy atom. The van der Waals surface area contributed by atoms with Crippen LogP contribution in [0, 0.1) is 5.92 Å². The van der Waals surface area contributed by atoms with Crippen molar-refractivity contribution >= 4 is 0 Å². The van der Waals surface area contributed by atoms with E-state index >= 15 is 0 Å². The fourth-order valence-electron chi connectivity index (χ4n) is 2.73. The molecule has 0 spiro atoms. The first kappa shape index (κ1) is 20.3. The molecule has 0 aliphatic heterocycles. The molecule has 0 saturated carbocycles. The van der Waals surface area contributed by atoms with Crippen LogP contribution in [-0.4, -0.2) is 18.3 Å². The van der Waals surface area contributed by atoms with E-state index in [0.717, 1.165) is 12.8 Å². The van der Waals surface area contributed by atoms with Crippen molar-refractivity contribution in [1.29, 1.82) is 0 Å². The van der Waals surface area contributed by atoms with Gasteiger partial charge in [0.2, 0.25) is 0 Å². The molecule has 0 N–H and O–H groups in total. The first-order valence-electron chi connectivity index (χ1n) is 8.58. The maximum atomic E-state index is 6.44. The van der Waals surface area contributed by atoms with Crippen molar-refractivity contribution in [3.8, 4) is 0 Å². The minimum absolute atomic E-state index is 0.118. The third-order valence-corrected chi connectivity index (χ3v) is 16.2. The molecule has 1 aliphatic carbocycles. The molecule has 1 rings (SSSR count). The van der Waals surface area contributed by atoms with Crippen molar-refractivity contribution < 1.29 is 29.8 Å². The van der Waals surface area contributed by atoms with Crippen LogP contribution in [0.15, 0.2) is 21.1 Å². The molecule has 0 heterocycles. The van der Waals surface area contributed by atoms with Crippen molar-refractivity contribution in [2.45, 2.75) is 86.5 Å². The van der Waals surface area contributed by atoms with Gasteiger partial charge in [-0.25, -0.2) is 0 Å². The SMILES string of the molecule is CC(C)CC1=[C]([Hf]([O]C(C)C)([O]C(C)C)[O]C(C)C)CC=C1. The van der Waals surface area contributed by atoms with Crippen LogP contribution in [0.2, 0.25) is 0 Å². The second-order valence-electron chi connectivity index (χ2n) is 7.26. The Kier molecular flexibility index (Phi) is 8.21. The number of allylic oxidation sites excluding steroid dienone is 4. The van der Waals surface area contributed by atoms with Gasteiger partial charge in [-0.3, -0.25) is 0 Å². The van der Waals surface area contributed by atoms with Gasteiger partial charge in [0, 0.05) is 0 Å². The van der Waals surface area contributed by atoms with E-state index in [4.69, 9.17) is 8.56 Å². The molecule has 3 nitrogen and oxygen atoms in total. The van der Waals surface area contributed by atoms with E-state index in [1.807, 2.05) is 0 Å². The standard InChI is InChI=1S/C9H13.3C3H7O.Hf/c1-8(2)7-9-5-3-4-6-9;3*1-3(2)4;/h3,5,8H,4,7H2,1-2H3;3*3H,1-2H3;/q;3*-1;+3. The van der Waals surface area contributed by atoms with E-state index in [9.17, 15) is 0 Å². The normalized spacial score (nSPS) is 16.2. The molecule has 0 fully saturated rings. The van der Waals surface area contributed by atoms with E-state index < -0.39 is 21.3 Å². The molecule has 0 unspecified atom stereocenters. The van der Waals surface area contributed by atoms with Crippen LogP contribution in [0.3, 0.4) is 0 Å². The first-order chi connectivity index (χ1) is 10.2. The van der Waals surface area contributed by atoms with Crippen LogP contribution in [0.25, 0.3) is 0 Å². The topological polar surface area (TPSA) is 27.7 Å². The summed E-state index contributed by atoms with van der Waals surface area (Å²) in [6.45, 7) is 17.0. The van der Waals surface area contributed by atoms with Crippen molar-refractivity contribution in [2.24, 2.45) is 5.92 Å². The zero-order valence-electron chi connectivity index (χ0n) is 15.6. The molecule has 4 heteroatoms. The summed E-state index contributed by atoms with van der Waals surface area (Å²) >= 11 is -3.94. The van der Waals surface area contributed by atoms with E-state index in [1.165, 1.54) is 8.90 Å². The van der Waals surface area contributed by atoms with Crippen molar-refractivity contribution in [1.82, 2.24) is 0 Å². The summed E-state index contributed by atoms with van der Waals surface area (Å²) in [5, 5.41) is 0. The number of rotatable bonds is 9. The van der Waals surface area contributed by atoms with Gasteiger partial charge < -0.3 is 0 Å². The van der Waals surface area contributed by atoms with Gasteiger partial charge >= 0.3 is 143 Å². The molecular weight excluding hydrogens is 443 g/mol. The Morgan fingerprint density at radius 2 is 1.32 bits per heavy atom. The maximum absolute atomic E-state index is 6.44. The van der Waals surface area contributed by atoms with Crippen LogP contribution in [0.4, 0.5) is 0 Å². The first-order valence-corrected chi connectivity index (χ1v) is 14.8. The van der Waals surface area contributed by atoms with Gasteiger partial charge in [-0.15, -0.1) is 0 Å². The molecular formula is C18H34HfO3. The Bertz CT molecular complexity index is 382. The van der Waals surface area contributed by atoms with Crippen LogP contribution >= 0.6 is 0 Å². The van der Waals surface area contributed by atoms with Crippen molar-refractivity contribution in [3.63, 3.8) is 0 Å². The summed E-state index contributed by atoms with van der Waals surface area (Å²) in [6, 6.07) is 0. The number of hydrogen-bond donors (Lipinski definition) is 0. The van der Waals surface area contributed by atoms with Gasteiger partial charge in [0.25, 0.3) is 0 Å². The Balaban J connectivity index is 3.26. The van der Waals surface area contributed by atoms with Crippen LogP contribution in [-0.2, 0) is 29.8 Å². The molecule has 128 valence electrons. The zero-order chi connectivity index (χ0) is 16.9. The number of hydrogen-bond acceptors (Lipinski definition) is 3. The fraction of sp³-hybridized carbons (Fsp3) is 0.778. The molecule has 0 saturated heterocycles. The average molecular weight is 477 g/mol. The molecule has 22 heavy (non-hydrogen) atoms. The summed E-state index contributed by atoms with van der Waals surface area (Å²) in [4.78, 5) is 0. The monoisotopic (exact) mass is 478 g/mol. The summed E-state index contributed by atoms with van der Waals surface area (Å²) in [5.74, 6) is 0.621. The third-order valence-electron chi connectivity index (χ3n) is 3.20. The van der Waals surface area contributed by atoms with Crippen LogP contribution in [0.1, 0.15) is 68.2 Å². The molecule has 0 aromatic heterocycles. The Hall–Kier alpha value is 0.230. The Morgan fingerprint density at radius 1 is 0.864 bits per heavy atom. The molecule has 0 radical (unpaired) electrons. The predicted octanol–water partition coefficient (Wildman–Crippen LogP) is 5.42. The molecule has 1 aliphatic rings. The summed E-state index contributed by atoms with van der Waals surface area (Å²) in [5.41, 5.74) is 1.39. The van der Waals surface area contributed by atoms with Crippen molar-refractivity contribution in [2.75, 3.05) is 0 Å². The Labute approximate surface area is 143 Å². The van der Waals surface area contributed by atoms with Crippen LogP contribution < -0.4 is 0 Å². The summed E-state index contributed by atoms with van der Waals surface area (Å²) in [6.07, 6.45) is 6.83. The molecule has 0 atom stereocenters. The summed E-state index contributed by atoms with van der Waals surface area (Å²) < 4.78 is 20.7. The second-order valence-corrected chi connectivity index (χ2v) is 16.0. The molecule has 0 bridgehead atoms. The molecule has 0 amide bonds. The van der Waals surface area contributed by atoms with E-state index in [1.54, 1.807) is 0 Å². The van der Waals surface area contributed by atoms with E-state index in [0.29, 0.717) is 5.92 Å². The van der Waals surface area contributed by atoms with Gasteiger partial charge in [0.05, 0.1) is 0 Å². The fourth-order valence-corrected chi connectivity index (χ4v) is 15.0. The quantitative estimate of drug-likeness (QED) is 0.416. The van der Waals surface area contributed by atoms with Gasteiger partial charge in [0.1, 0.15) is 0 Å². The molecule has 0 aromatic carbocycles. The van der Waals surface area contributed by atoms with E-state index in [-0.39, 0.29) is 18.3 Å². The van der Waals surface area contributed by atoms with Gasteiger partial charge in [-0.2, -0.15) is 0 Å². The van der Waals surface area contributed by atoms with Gasteiger partial charge in [-0.1, -0.05) is 0 Å². The van der Waals surface area contributed by atoms with E-state index in [2.05, 4.69) is 67.5 Å². The van der Waals surface area contributed by atoms with Crippen LogP contribution in [0.5, 0.6) is 0 Å². The van der Waals surface area contributed by atoms with Gasteiger partial charge in [-0.05, 0) is 0 Å². The minimum atomic E-state index is -3.94. The van der Waals surface area contributed by atoms with Gasteiger partial charge in [0.15, 0.2) is 0 Å². The second kappa shape index (κ2) is 8.91. The zero-order valence-corrected chi connectivity index (χ0v) is 19.2. The average Bonchev–Trinajstić information content (AvgIpc) is 2.73. The summed E-state index contributed by atoms with van der Waals surface area (Å²) in [7, 11) is 0. The predicted molar refractivity (Wildman–Crippen MR) is 88.9 cm³/mol. The van der Waals surface area contributed by atoms with Crippen molar-refractivity contribution in [3.05, 3.63) is 21.1 Å². The molecule has 0 aromatic rings. The third kappa shape index (κ3) is 6.03.